The first kappa shape index (κ1) is 10.4. The van der Waals surface area contributed by atoms with E-state index in [4.69, 9.17) is 0 Å². The zero-order valence-corrected chi connectivity index (χ0v) is 9.93. The quantitative estimate of drug-likeness (QED) is 0.482. The molecule has 1 aliphatic rings. The summed E-state index contributed by atoms with van der Waals surface area (Å²) >= 11 is 0. The highest BCUT2D eigenvalue weighted by Crippen LogP contribution is 2.29. The van der Waals surface area contributed by atoms with Crippen LogP contribution in [0, 0.1) is 5.82 Å². The minimum atomic E-state index is -0.379. The molecule has 0 radical (unpaired) electrons. The van der Waals surface area contributed by atoms with Crippen molar-refractivity contribution in [3.05, 3.63) is 64.2 Å². The predicted molar refractivity (Wildman–Crippen MR) is 70.5 cm³/mol. The van der Waals surface area contributed by atoms with E-state index in [2.05, 4.69) is 4.98 Å². The van der Waals surface area contributed by atoms with E-state index in [9.17, 15) is 9.18 Å². The van der Waals surface area contributed by atoms with Gasteiger partial charge in [-0.2, -0.15) is 0 Å². The van der Waals surface area contributed by atoms with Crippen LogP contribution in [0.15, 0.2) is 47.3 Å². The second-order valence-corrected chi connectivity index (χ2v) is 4.65. The van der Waals surface area contributed by atoms with Gasteiger partial charge in [0.25, 0.3) is 5.56 Å². The number of benzene rings is 2. The van der Waals surface area contributed by atoms with E-state index in [0.29, 0.717) is 23.3 Å². The van der Waals surface area contributed by atoms with Crippen LogP contribution in [0.2, 0.25) is 0 Å². The van der Waals surface area contributed by atoms with Crippen LogP contribution in [0.25, 0.3) is 22.3 Å². The molecule has 0 amide bonds. The molecule has 1 aromatic heterocycles. The third kappa shape index (κ3) is 1.37. The van der Waals surface area contributed by atoms with E-state index in [-0.39, 0.29) is 11.4 Å². The average molecular weight is 252 g/mol. The Labute approximate surface area is 108 Å². The fourth-order valence-electron chi connectivity index (χ4n) is 2.59. The monoisotopic (exact) mass is 252 g/mol. The maximum Gasteiger partial charge on any atom is 0.261 e. The van der Waals surface area contributed by atoms with E-state index in [1.165, 1.54) is 18.2 Å². The van der Waals surface area contributed by atoms with Gasteiger partial charge in [-0.1, -0.05) is 24.3 Å². The highest BCUT2D eigenvalue weighted by Gasteiger charge is 2.21. The first-order valence-corrected chi connectivity index (χ1v) is 6.02. The zero-order chi connectivity index (χ0) is 13.0. The molecule has 4 rings (SSSR count). The first-order valence-electron chi connectivity index (χ1n) is 6.02. The third-order valence-corrected chi connectivity index (χ3v) is 3.50. The summed E-state index contributed by atoms with van der Waals surface area (Å²) in [7, 11) is 0. The lowest BCUT2D eigenvalue weighted by atomic mass is 10.1. The van der Waals surface area contributed by atoms with E-state index >= 15 is 0 Å². The van der Waals surface area contributed by atoms with Crippen molar-refractivity contribution in [1.82, 2.24) is 9.55 Å². The van der Waals surface area contributed by atoms with Gasteiger partial charge in [0.1, 0.15) is 11.6 Å². The van der Waals surface area contributed by atoms with Crippen LogP contribution in [-0.2, 0) is 6.54 Å². The molecule has 0 unspecified atom stereocenters. The van der Waals surface area contributed by atoms with Gasteiger partial charge in [-0.25, -0.2) is 9.37 Å². The van der Waals surface area contributed by atoms with Crippen LogP contribution in [0.3, 0.4) is 0 Å². The Balaban J connectivity index is 2.14. The summed E-state index contributed by atoms with van der Waals surface area (Å²) in [5.41, 5.74) is 2.32. The lowest BCUT2D eigenvalue weighted by Gasteiger charge is -2.05. The number of rotatable bonds is 0. The van der Waals surface area contributed by atoms with E-state index in [1.807, 2.05) is 24.3 Å². The number of nitrogens with zero attached hydrogens (tertiary/aromatic N) is 2. The Morgan fingerprint density at radius 3 is 2.89 bits per heavy atom. The molecule has 0 N–H and O–H groups in total. The van der Waals surface area contributed by atoms with Crippen LogP contribution < -0.4 is 5.56 Å². The van der Waals surface area contributed by atoms with Gasteiger partial charge in [-0.3, -0.25) is 9.36 Å². The number of hydrogen-bond acceptors (Lipinski definition) is 2. The molecule has 1 aliphatic heterocycles. The van der Waals surface area contributed by atoms with Crippen molar-refractivity contribution < 1.29 is 4.39 Å². The molecule has 2 heterocycles. The number of halogens is 1. The van der Waals surface area contributed by atoms with Crippen LogP contribution in [0.1, 0.15) is 5.56 Å². The minimum Gasteiger partial charge on any atom is -0.288 e. The molecule has 0 fully saturated rings. The lowest BCUT2D eigenvalue weighted by molar-refractivity contribution is 0.629. The topological polar surface area (TPSA) is 34.9 Å². The van der Waals surface area contributed by atoms with Crippen molar-refractivity contribution in [2.24, 2.45) is 0 Å². The molecular formula is C15H9FN2O. The fourth-order valence-corrected chi connectivity index (χ4v) is 2.59. The summed E-state index contributed by atoms with van der Waals surface area (Å²) in [5.74, 6) is 0.245. The van der Waals surface area contributed by atoms with Crippen molar-refractivity contribution in [3.8, 4) is 11.4 Å². The average Bonchev–Trinajstić information content (AvgIpc) is 2.78. The molecule has 0 bridgehead atoms. The third-order valence-electron chi connectivity index (χ3n) is 3.50. The predicted octanol–water partition coefficient (Wildman–Crippen LogP) is 2.56. The van der Waals surface area contributed by atoms with Crippen LogP contribution in [0.4, 0.5) is 4.39 Å². The summed E-state index contributed by atoms with van der Waals surface area (Å²) < 4.78 is 14.9. The van der Waals surface area contributed by atoms with Crippen LogP contribution in [-0.4, -0.2) is 9.55 Å². The van der Waals surface area contributed by atoms with Gasteiger partial charge < -0.3 is 0 Å². The second kappa shape index (κ2) is 3.51. The van der Waals surface area contributed by atoms with Gasteiger partial charge in [-0.05, 0) is 17.7 Å². The fraction of sp³-hybridized carbons (Fsp3) is 0.0667. The Bertz CT molecular complexity index is 883. The highest BCUT2D eigenvalue weighted by molar-refractivity contribution is 5.81. The molecule has 4 heteroatoms. The molecule has 3 aromatic rings. The van der Waals surface area contributed by atoms with Gasteiger partial charge in [0.05, 0.1) is 17.4 Å². The van der Waals surface area contributed by atoms with Crippen molar-refractivity contribution >= 4 is 10.9 Å². The van der Waals surface area contributed by atoms with Crippen molar-refractivity contribution in [3.63, 3.8) is 0 Å². The van der Waals surface area contributed by atoms with Gasteiger partial charge in [0.15, 0.2) is 0 Å². The molecule has 3 nitrogen and oxygen atoms in total. The van der Waals surface area contributed by atoms with Gasteiger partial charge in [0.2, 0.25) is 0 Å². The van der Waals surface area contributed by atoms with Crippen LogP contribution >= 0.6 is 0 Å². The summed E-state index contributed by atoms with van der Waals surface area (Å²) in [6, 6.07) is 11.9. The molecule has 19 heavy (non-hydrogen) atoms. The van der Waals surface area contributed by atoms with Crippen molar-refractivity contribution in [1.29, 1.82) is 0 Å². The SMILES string of the molecule is O=c1c2ccc(F)cc2nc2n1Cc1ccccc1-2. The van der Waals surface area contributed by atoms with Crippen molar-refractivity contribution in [2.75, 3.05) is 0 Å². The highest BCUT2D eigenvalue weighted by atomic mass is 19.1. The van der Waals surface area contributed by atoms with E-state index in [1.54, 1.807) is 4.57 Å². The van der Waals surface area contributed by atoms with Gasteiger partial charge in [0, 0.05) is 11.6 Å². The second-order valence-electron chi connectivity index (χ2n) is 4.65. The molecule has 0 aliphatic carbocycles. The zero-order valence-electron chi connectivity index (χ0n) is 9.93. The molecule has 0 spiro atoms. The van der Waals surface area contributed by atoms with Gasteiger partial charge >= 0.3 is 0 Å². The summed E-state index contributed by atoms with van der Waals surface area (Å²) in [6.45, 7) is 0.532. The Kier molecular flexibility index (Phi) is 1.93. The summed E-state index contributed by atoms with van der Waals surface area (Å²) in [5, 5.41) is 0.456. The molecule has 0 saturated carbocycles. The molecule has 0 saturated heterocycles. The minimum absolute atomic E-state index is 0.115. The number of hydrogen-bond donors (Lipinski definition) is 0. The molecular weight excluding hydrogens is 243 g/mol. The Morgan fingerprint density at radius 1 is 1.16 bits per heavy atom. The van der Waals surface area contributed by atoms with Crippen molar-refractivity contribution in [2.45, 2.75) is 6.54 Å². The normalized spacial score (nSPS) is 12.5. The largest absolute Gasteiger partial charge is 0.288 e. The molecule has 0 atom stereocenters. The standard InChI is InChI=1S/C15H9FN2O/c16-10-5-6-12-13(7-10)17-14-11-4-2-1-3-9(11)8-18(14)15(12)19/h1-7H,8H2. The molecule has 2 aromatic carbocycles. The maximum absolute atomic E-state index is 13.3. The maximum atomic E-state index is 13.3. The smallest absolute Gasteiger partial charge is 0.261 e. The van der Waals surface area contributed by atoms with E-state index < -0.39 is 0 Å². The first-order chi connectivity index (χ1) is 9.24. The van der Waals surface area contributed by atoms with E-state index in [0.717, 1.165) is 11.1 Å². The lowest BCUT2D eigenvalue weighted by Crippen LogP contribution is -2.20. The number of aromatic nitrogens is 2. The summed E-state index contributed by atoms with van der Waals surface area (Å²) in [6.07, 6.45) is 0. The Hall–Kier alpha value is -2.49. The van der Waals surface area contributed by atoms with Gasteiger partial charge in [-0.15, -0.1) is 0 Å². The molecule has 92 valence electrons. The van der Waals surface area contributed by atoms with Crippen LogP contribution in [0.5, 0.6) is 0 Å². The number of fused-ring (bicyclic) bond motifs is 4. The Morgan fingerprint density at radius 2 is 2.00 bits per heavy atom. The summed E-state index contributed by atoms with van der Waals surface area (Å²) in [4.78, 5) is 16.8.